The lowest BCUT2D eigenvalue weighted by Gasteiger charge is -2.21. The number of rotatable bonds is 3. The van der Waals surface area contributed by atoms with Crippen LogP contribution in [0.25, 0.3) is 0 Å². The number of hydrogen-bond acceptors (Lipinski definition) is 4. The monoisotopic (exact) mass is 255 g/mol. The van der Waals surface area contributed by atoms with Crippen LogP contribution < -0.4 is 5.32 Å². The summed E-state index contributed by atoms with van der Waals surface area (Å²) in [6, 6.07) is 0.200. The molecular weight excluding hydrogens is 238 g/mol. The van der Waals surface area contributed by atoms with E-state index in [2.05, 4.69) is 22.2 Å². The van der Waals surface area contributed by atoms with E-state index in [1.807, 2.05) is 13.8 Å². The molecule has 0 bridgehead atoms. The number of hydrogen-bond donors (Lipinski definition) is 1. The minimum atomic E-state index is 0.200. The maximum atomic E-state index is 6.08. The first-order valence-electron chi connectivity index (χ1n) is 5.97. The quantitative estimate of drug-likeness (QED) is 0.902. The Bertz CT molecular complexity index is 405. The number of ether oxygens (including phenoxy) is 1. The Morgan fingerprint density at radius 2 is 2.06 bits per heavy atom. The van der Waals surface area contributed by atoms with Crippen LogP contribution in [0, 0.1) is 13.8 Å². The van der Waals surface area contributed by atoms with Gasteiger partial charge in [0, 0.05) is 6.61 Å². The molecule has 0 aliphatic carbocycles. The summed E-state index contributed by atoms with van der Waals surface area (Å²) in [5.41, 5.74) is 1.77. The van der Waals surface area contributed by atoms with Crippen LogP contribution in [0.3, 0.4) is 0 Å². The van der Waals surface area contributed by atoms with Crippen LogP contribution in [0.4, 0.5) is 5.82 Å². The van der Waals surface area contributed by atoms with Gasteiger partial charge in [-0.05, 0) is 33.6 Å². The SMILES string of the molecule is Cc1nc(Cl)c(NC(C)C2CCCO2)nc1C. The van der Waals surface area contributed by atoms with E-state index in [4.69, 9.17) is 16.3 Å². The van der Waals surface area contributed by atoms with E-state index >= 15 is 0 Å². The number of nitrogens with one attached hydrogen (secondary N) is 1. The molecule has 2 unspecified atom stereocenters. The van der Waals surface area contributed by atoms with Gasteiger partial charge >= 0.3 is 0 Å². The molecule has 17 heavy (non-hydrogen) atoms. The highest BCUT2D eigenvalue weighted by Crippen LogP contribution is 2.22. The van der Waals surface area contributed by atoms with Crippen molar-refractivity contribution in [1.29, 1.82) is 0 Å². The third-order valence-electron chi connectivity index (χ3n) is 3.15. The number of anilines is 1. The molecule has 1 N–H and O–H groups in total. The molecule has 1 aliphatic rings. The lowest BCUT2D eigenvalue weighted by Crippen LogP contribution is -2.30. The van der Waals surface area contributed by atoms with E-state index in [1.165, 1.54) is 0 Å². The molecule has 2 heterocycles. The lowest BCUT2D eigenvalue weighted by molar-refractivity contribution is 0.0995. The molecule has 1 aromatic rings. The van der Waals surface area contributed by atoms with Gasteiger partial charge in [-0.25, -0.2) is 9.97 Å². The third-order valence-corrected chi connectivity index (χ3v) is 3.41. The molecule has 4 nitrogen and oxygen atoms in total. The Labute approximate surface area is 107 Å². The lowest BCUT2D eigenvalue weighted by atomic mass is 10.1. The van der Waals surface area contributed by atoms with E-state index < -0.39 is 0 Å². The fourth-order valence-electron chi connectivity index (χ4n) is 1.97. The van der Waals surface area contributed by atoms with Crippen molar-refractivity contribution in [3.05, 3.63) is 16.5 Å². The van der Waals surface area contributed by atoms with Gasteiger partial charge in [-0.1, -0.05) is 11.6 Å². The first kappa shape index (κ1) is 12.6. The summed E-state index contributed by atoms with van der Waals surface area (Å²) in [6.07, 6.45) is 2.46. The van der Waals surface area contributed by atoms with Gasteiger partial charge in [0.2, 0.25) is 0 Å². The summed E-state index contributed by atoms with van der Waals surface area (Å²) >= 11 is 6.08. The second kappa shape index (κ2) is 5.19. The highest BCUT2D eigenvalue weighted by atomic mass is 35.5. The molecule has 2 atom stereocenters. The molecule has 0 spiro atoms. The molecule has 1 aromatic heterocycles. The summed E-state index contributed by atoms with van der Waals surface area (Å²) < 4.78 is 5.63. The van der Waals surface area contributed by atoms with Crippen LogP contribution >= 0.6 is 11.6 Å². The van der Waals surface area contributed by atoms with E-state index in [1.54, 1.807) is 0 Å². The maximum Gasteiger partial charge on any atom is 0.171 e. The maximum absolute atomic E-state index is 6.08. The van der Waals surface area contributed by atoms with Crippen molar-refractivity contribution in [1.82, 2.24) is 9.97 Å². The Morgan fingerprint density at radius 1 is 1.35 bits per heavy atom. The predicted molar refractivity (Wildman–Crippen MR) is 68.6 cm³/mol. The van der Waals surface area contributed by atoms with Gasteiger partial charge in [0.25, 0.3) is 0 Å². The van der Waals surface area contributed by atoms with Gasteiger partial charge in [0.15, 0.2) is 11.0 Å². The van der Waals surface area contributed by atoms with Crippen molar-refractivity contribution in [3.63, 3.8) is 0 Å². The van der Waals surface area contributed by atoms with E-state index in [0.717, 1.165) is 30.8 Å². The summed E-state index contributed by atoms with van der Waals surface area (Å²) in [5.74, 6) is 0.651. The average molecular weight is 256 g/mol. The number of aryl methyl sites for hydroxylation is 2. The Kier molecular flexibility index (Phi) is 3.84. The second-order valence-electron chi connectivity index (χ2n) is 4.52. The van der Waals surface area contributed by atoms with Crippen molar-refractivity contribution in [2.75, 3.05) is 11.9 Å². The largest absolute Gasteiger partial charge is 0.376 e. The van der Waals surface area contributed by atoms with Crippen LogP contribution in [0.5, 0.6) is 0 Å². The van der Waals surface area contributed by atoms with E-state index in [-0.39, 0.29) is 12.1 Å². The van der Waals surface area contributed by atoms with Crippen molar-refractivity contribution in [2.24, 2.45) is 0 Å². The van der Waals surface area contributed by atoms with Crippen molar-refractivity contribution in [3.8, 4) is 0 Å². The first-order valence-corrected chi connectivity index (χ1v) is 6.34. The van der Waals surface area contributed by atoms with Crippen LogP contribution in [-0.4, -0.2) is 28.7 Å². The van der Waals surface area contributed by atoms with Crippen LogP contribution in [-0.2, 0) is 4.74 Å². The zero-order valence-corrected chi connectivity index (χ0v) is 11.2. The molecule has 2 rings (SSSR count). The van der Waals surface area contributed by atoms with Crippen LogP contribution in [0.2, 0.25) is 5.15 Å². The zero-order chi connectivity index (χ0) is 12.4. The fourth-order valence-corrected chi connectivity index (χ4v) is 2.20. The van der Waals surface area contributed by atoms with Crippen molar-refractivity contribution < 1.29 is 4.74 Å². The fraction of sp³-hybridized carbons (Fsp3) is 0.667. The second-order valence-corrected chi connectivity index (χ2v) is 4.88. The predicted octanol–water partition coefficient (Wildman–Crippen LogP) is 2.73. The van der Waals surface area contributed by atoms with Crippen molar-refractivity contribution in [2.45, 2.75) is 45.8 Å². The van der Waals surface area contributed by atoms with E-state index in [0.29, 0.717) is 11.0 Å². The van der Waals surface area contributed by atoms with Gasteiger partial charge in [-0.15, -0.1) is 0 Å². The topological polar surface area (TPSA) is 47.0 Å². The van der Waals surface area contributed by atoms with Gasteiger partial charge in [-0.2, -0.15) is 0 Å². The average Bonchev–Trinajstić information content (AvgIpc) is 2.79. The highest BCUT2D eigenvalue weighted by molar-refractivity contribution is 6.31. The number of aromatic nitrogens is 2. The molecule has 94 valence electrons. The standard InChI is InChI=1S/C12H18ClN3O/c1-7-8(2)15-12(11(13)14-7)16-9(3)10-5-4-6-17-10/h9-10H,4-6H2,1-3H3,(H,15,16). The van der Waals surface area contributed by atoms with Gasteiger partial charge in [-0.3, -0.25) is 0 Å². The molecule has 0 amide bonds. The Balaban J connectivity index is 2.09. The Hall–Kier alpha value is -0.870. The molecular formula is C12H18ClN3O. The number of halogens is 1. The smallest absolute Gasteiger partial charge is 0.171 e. The van der Waals surface area contributed by atoms with Crippen LogP contribution in [0.15, 0.2) is 0 Å². The summed E-state index contributed by atoms with van der Waals surface area (Å²) in [7, 11) is 0. The first-order chi connectivity index (χ1) is 8.08. The minimum Gasteiger partial charge on any atom is -0.376 e. The third kappa shape index (κ3) is 2.87. The van der Waals surface area contributed by atoms with Gasteiger partial charge < -0.3 is 10.1 Å². The molecule has 0 radical (unpaired) electrons. The highest BCUT2D eigenvalue weighted by Gasteiger charge is 2.23. The van der Waals surface area contributed by atoms with E-state index in [9.17, 15) is 0 Å². The molecule has 1 fully saturated rings. The summed E-state index contributed by atoms with van der Waals surface area (Å²) in [6.45, 7) is 6.77. The molecule has 1 saturated heterocycles. The minimum absolute atomic E-state index is 0.200. The normalized spacial score (nSPS) is 21.5. The molecule has 5 heteroatoms. The summed E-state index contributed by atoms with van der Waals surface area (Å²) in [5, 5.41) is 3.72. The number of nitrogens with zero attached hydrogens (tertiary/aromatic N) is 2. The van der Waals surface area contributed by atoms with Gasteiger partial charge in [0.1, 0.15) is 0 Å². The molecule has 0 saturated carbocycles. The Morgan fingerprint density at radius 3 is 2.71 bits per heavy atom. The molecule has 1 aliphatic heterocycles. The zero-order valence-electron chi connectivity index (χ0n) is 10.5. The molecule has 0 aromatic carbocycles. The van der Waals surface area contributed by atoms with Crippen LogP contribution in [0.1, 0.15) is 31.2 Å². The van der Waals surface area contributed by atoms with Gasteiger partial charge in [0.05, 0.1) is 23.5 Å². The summed E-state index contributed by atoms with van der Waals surface area (Å²) in [4.78, 5) is 8.67. The van der Waals surface area contributed by atoms with Crippen molar-refractivity contribution >= 4 is 17.4 Å².